The number of esters is 2. The standard InChI is InChI=1S/C10H12O8/c1-2-16-6(12)3-5(11)4-17-10(15)8-7(18-8)9(13)14/h7-8H,2-4H2,1H3,(H,13,14). The van der Waals surface area contributed by atoms with Crippen LogP contribution in [0.25, 0.3) is 0 Å². The third-order valence-electron chi connectivity index (χ3n) is 1.99. The third-order valence-corrected chi connectivity index (χ3v) is 1.99. The van der Waals surface area contributed by atoms with E-state index in [4.69, 9.17) is 5.11 Å². The van der Waals surface area contributed by atoms with E-state index in [1.807, 2.05) is 0 Å². The fourth-order valence-corrected chi connectivity index (χ4v) is 1.14. The zero-order valence-electron chi connectivity index (χ0n) is 9.58. The van der Waals surface area contributed by atoms with Crippen LogP contribution in [0, 0.1) is 0 Å². The summed E-state index contributed by atoms with van der Waals surface area (Å²) in [6.45, 7) is 1.14. The van der Waals surface area contributed by atoms with Crippen molar-refractivity contribution in [3.05, 3.63) is 0 Å². The molecule has 1 rings (SSSR count). The van der Waals surface area contributed by atoms with Gasteiger partial charge < -0.3 is 19.3 Å². The summed E-state index contributed by atoms with van der Waals surface area (Å²) >= 11 is 0. The number of Topliss-reactive ketones (excluding diaryl/α,β-unsaturated/α-hetero) is 1. The molecule has 1 aliphatic rings. The second-order valence-corrected chi connectivity index (χ2v) is 3.44. The van der Waals surface area contributed by atoms with E-state index in [-0.39, 0.29) is 6.61 Å². The molecule has 1 N–H and O–H groups in total. The molecule has 18 heavy (non-hydrogen) atoms. The molecule has 1 saturated heterocycles. The third kappa shape index (κ3) is 4.13. The summed E-state index contributed by atoms with van der Waals surface area (Å²) in [6.07, 6.45) is -2.87. The van der Waals surface area contributed by atoms with Gasteiger partial charge in [-0.05, 0) is 6.92 Å². The molecule has 0 aromatic heterocycles. The topological polar surface area (TPSA) is 120 Å². The Morgan fingerprint density at radius 3 is 2.33 bits per heavy atom. The van der Waals surface area contributed by atoms with Gasteiger partial charge in [0.2, 0.25) is 0 Å². The van der Waals surface area contributed by atoms with Gasteiger partial charge in [-0.3, -0.25) is 9.59 Å². The molecule has 2 unspecified atom stereocenters. The molecule has 1 aliphatic heterocycles. The Balaban J connectivity index is 2.21. The number of carboxylic acids is 1. The lowest BCUT2D eigenvalue weighted by Gasteiger charge is -2.02. The molecule has 8 nitrogen and oxygen atoms in total. The zero-order valence-corrected chi connectivity index (χ0v) is 9.58. The van der Waals surface area contributed by atoms with Crippen molar-refractivity contribution in [1.82, 2.24) is 0 Å². The maximum atomic E-state index is 11.2. The first-order chi connectivity index (χ1) is 8.45. The second kappa shape index (κ2) is 6.10. The van der Waals surface area contributed by atoms with Crippen LogP contribution >= 0.6 is 0 Å². The molecule has 0 aliphatic carbocycles. The van der Waals surface area contributed by atoms with Crippen molar-refractivity contribution in [2.75, 3.05) is 13.2 Å². The summed E-state index contributed by atoms with van der Waals surface area (Å²) in [4.78, 5) is 43.6. The lowest BCUT2D eigenvalue weighted by Crippen LogP contribution is -2.23. The highest BCUT2D eigenvalue weighted by Crippen LogP contribution is 2.23. The Labute approximate surface area is 102 Å². The van der Waals surface area contributed by atoms with Gasteiger partial charge in [-0.25, -0.2) is 9.59 Å². The van der Waals surface area contributed by atoms with Crippen molar-refractivity contribution in [2.45, 2.75) is 25.6 Å². The quantitative estimate of drug-likeness (QED) is 0.348. The summed E-state index contributed by atoms with van der Waals surface area (Å²) < 4.78 is 13.5. The molecule has 8 heteroatoms. The van der Waals surface area contributed by atoms with Gasteiger partial charge in [0.15, 0.2) is 24.6 Å². The van der Waals surface area contributed by atoms with Crippen LogP contribution < -0.4 is 0 Å². The maximum absolute atomic E-state index is 11.2. The largest absolute Gasteiger partial charge is 0.479 e. The van der Waals surface area contributed by atoms with Gasteiger partial charge in [0, 0.05) is 0 Å². The highest BCUT2D eigenvalue weighted by molar-refractivity contribution is 5.97. The van der Waals surface area contributed by atoms with Crippen LogP contribution in [-0.2, 0) is 33.4 Å². The molecule has 0 amide bonds. The van der Waals surface area contributed by atoms with Crippen molar-refractivity contribution in [3.63, 3.8) is 0 Å². The van der Waals surface area contributed by atoms with E-state index in [1.165, 1.54) is 0 Å². The Kier molecular flexibility index (Phi) is 4.78. The van der Waals surface area contributed by atoms with Crippen molar-refractivity contribution < 1.29 is 38.5 Å². The average molecular weight is 260 g/mol. The second-order valence-electron chi connectivity index (χ2n) is 3.44. The number of carbonyl (C=O) groups is 4. The van der Waals surface area contributed by atoms with Crippen LogP contribution in [0.3, 0.4) is 0 Å². The number of carboxylic acid groups (broad SMARTS) is 1. The Bertz CT molecular complexity index is 374. The molecule has 1 fully saturated rings. The van der Waals surface area contributed by atoms with E-state index in [9.17, 15) is 19.2 Å². The highest BCUT2D eigenvalue weighted by atomic mass is 16.7. The van der Waals surface area contributed by atoms with Crippen LogP contribution in [-0.4, -0.2) is 54.2 Å². The predicted molar refractivity (Wildman–Crippen MR) is 53.5 cm³/mol. The molecule has 2 atom stereocenters. The van der Waals surface area contributed by atoms with Gasteiger partial charge in [-0.2, -0.15) is 0 Å². The zero-order chi connectivity index (χ0) is 13.7. The van der Waals surface area contributed by atoms with Gasteiger partial charge in [0.25, 0.3) is 0 Å². The van der Waals surface area contributed by atoms with E-state index in [0.29, 0.717) is 0 Å². The van der Waals surface area contributed by atoms with Gasteiger partial charge >= 0.3 is 17.9 Å². The van der Waals surface area contributed by atoms with Crippen LogP contribution in [0.5, 0.6) is 0 Å². The van der Waals surface area contributed by atoms with Gasteiger partial charge in [-0.1, -0.05) is 0 Å². The number of carbonyl (C=O) groups excluding carboxylic acids is 3. The lowest BCUT2D eigenvalue weighted by atomic mass is 10.3. The number of hydrogen-bond acceptors (Lipinski definition) is 7. The summed E-state index contributed by atoms with van der Waals surface area (Å²) in [6, 6.07) is 0. The van der Waals surface area contributed by atoms with Gasteiger partial charge in [0.05, 0.1) is 6.61 Å². The monoisotopic (exact) mass is 260 g/mol. The van der Waals surface area contributed by atoms with E-state index >= 15 is 0 Å². The fraction of sp³-hybridized carbons (Fsp3) is 0.600. The summed E-state index contributed by atoms with van der Waals surface area (Å²) in [7, 11) is 0. The van der Waals surface area contributed by atoms with Crippen molar-refractivity contribution in [1.29, 1.82) is 0 Å². The highest BCUT2D eigenvalue weighted by Gasteiger charge is 2.52. The minimum absolute atomic E-state index is 0.155. The first kappa shape index (κ1) is 14.1. The molecule has 1 heterocycles. The Hall–Kier alpha value is -1.96. The number of ether oxygens (including phenoxy) is 3. The summed E-state index contributed by atoms with van der Waals surface area (Å²) in [5, 5.41) is 8.47. The van der Waals surface area contributed by atoms with Crippen molar-refractivity contribution >= 4 is 23.7 Å². The van der Waals surface area contributed by atoms with Crippen LogP contribution in [0.1, 0.15) is 13.3 Å². The van der Waals surface area contributed by atoms with E-state index in [2.05, 4.69) is 14.2 Å². The predicted octanol–water partition coefficient (Wildman–Crippen LogP) is -1.10. The number of aliphatic carboxylic acids is 1. The van der Waals surface area contributed by atoms with Crippen LogP contribution in [0.2, 0.25) is 0 Å². The first-order valence-electron chi connectivity index (χ1n) is 5.18. The maximum Gasteiger partial charge on any atom is 0.339 e. The molecular weight excluding hydrogens is 248 g/mol. The van der Waals surface area contributed by atoms with Crippen LogP contribution in [0.4, 0.5) is 0 Å². The normalized spacial score (nSPS) is 20.9. The Morgan fingerprint density at radius 1 is 1.17 bits per heavy atom. The molecule has 0 radical (unpaired) electrons. The number of hydrogen-bond donors (Lipinski definition) is 1. The number of epoxide rings is 1. The van der Waals surface area contributed by atoms with Gasteiger partial charge in [0.1, 0.15) is 6.42 Å². The molecule has 100 valence electrons. The summed E-state index contributed by atoms with van der Waals surface area (Å²) in [5.41, 5.74) is 0. The van der Waals surface area contributed by atoms with E-state index < -0.39 is 48.9 Å². The molecule has 0 spiro atoms. The van der Waals surface area contributed by atoms with Crippen molar-refractivity contribution in [3.8, 4) is 0 Å². The fourth-order valence-electron chi connectivity index (χ4n) is 1.14. The number of ketones is 1. The number of rotatable bonds is 7. The molecular formula is C10H12O8. The first-order valence-corrected chi connectivity index (χ1v) is 5.18. The van der Waals surface area contributed by atoms with E-state index in [0.717, 1.165) is 0 Å². The molecule has 0 aromatic rings. The summed E-state index contributed by atoms with van der Waals surface area (Å²) in [5.74, 6) is -3.53. The van der Waals surface area contributed by atoms with E-state index in [1.54, 1.807) is 6.92 Å². The lowest BCUT2D eigenvalue weighted by molar-refractivity contribution is -0.153. The van der Waals surface area contributed by atoms with Crippen LogP contribution in [0.15, 0.2) is 0 Å². The molecule has 0 aromatic carbocycles. The average Bonchev–Trinajstić information content (AvgIpc) is 3.06. The Morgan fingerprint density at radius 2 is 1.83 bits per heavy atom. The minimum atomic E-state index is -1.27. The SMILES string of the molecule is CCOC(=O)CC(=O)COC(=O)C1OC1C(=O)O. The van der Waals surface area contributed by atoms with Gasteiger partial charge in [-0.15, -0.1) is 0 Å². The van der Waals surface area contributed by atoms with Crippen molar-refractivity contribution in [2.24, 2.45) is 0 Å². The minimum Gasteiger partial charge on any atom is -0.479 e. The smallest absolute Gasteiger partial charge is 0.339 e. The molecule has 0 saturated carbocycles. The molecule has 0 bridgehead atoms.